The van der Waals surface area contributed by atoms with Crippen molar-refractivity contribution in [2.24, 2.45) is 0 Å². The van der Waals surface area contributed by atoms with E-state index < -0.39 is 0 Å². The molecule has 21 heavy (non-hydrogen) atoms. The molecule has 1 saturated heterocycles. The molecule has 6 nitrogen and oxygen atoms in total. The number of likely N-dealkylation sites (tertiary alicyclic amines) is 1. The van der Waals surface area contributed by atoms with Gasteiger partial charge in [0, 0.05) is 24.5 Å². The van der Waals surface area contributed by atoms with Crippen LogP contribution in [0.1, 0.15) is 16.9 Å². The van der Waals surface area contributed by atoms with Crippen molar-refractivity contribution < 1.29 is 4.79 Å². The molecule has 1 fully saturated rings. The number of hydrogen-bond acceptors (Lipinski definition) is 4. The average Bonchev–Trinajstić information content (AvgIpc) is 2.97. The largest absolute Gasteiger partial charge is 0.336 e. The molecule has 1 unspecified atom stereocenters. The third-order valence-corrected chi connectivity index (χ3v) is 4.08. The van der Waals surface area contributed by atoms with Crippen LogP contribution in [-0.2, 0) is 0 Å². The standard InChI is InChI=1S/C15H18N4O2/c1-18(2)10-7-8-19(9-10)15(21)13-11-5-3-4-6-12(11)14(20)17-16-13/h3-6,10H,7-9H2,1-2H3,(H,17,20). The average molecular weight is 286 g/mol. The van der Waals surface area contributed by atoms with E-state index in [1.165, 1.54) is 0 Å². The van der Waals surface area contributed by atoms with Crippen molar-refractivity contribution in [2.45, 2.75) is 12.5 Å². The lowest BCUT2D eigenvalue weighted by atomic mass is 10.1. The highest BCUT2D eigenvalue weighted by Gasteiger charge is 2.29. The molecule has 110 valence electrons. The molecule has 0 bridgehead atoms. The minimum absolute atomic E-state index is 0.119. The smallest absolute Gasteiger partial charge is 0.274 e. The maximum atomic E-state index is 12.7. The molecule has 2 heterocycles. The molecule has 1 amide bonds. The van der Waals surface area contributed by atoms with Gasteiger partial charge in [-0.15, -0.1) is 0 Å². The topological polar surface area (TPSA) is 69.3 Å². The first-order valence-electron chi connectivity index (χ1n) is 7.01. The number of benzene rings is 1. The number of carbonyl (C=O) groups is 1. The molecule has 0 aliphatic carbocycles. The molecule has 1 N–H and O–H groups in total. The minimum atomic E-state index is -0.269. The van der Waals surface area contributed by atoms with Crippen molar-refractivity contribution in [3.8, 4) is 0 Å². The summed E-state index contributed by atoms with van der Waals surface area (Å²) in [4.78, 5) is 28.4. The summed E-state index contributed by atoms with van der Waals surface area (Å²) in [5.74, 6) is -0.119. The van der Waals surface area contributed by atoms with Crippen LogP contribution >= 0.6 is 0 Å². The van der Waals surface area contributed by atoms with E-state index in [-0.39, 0.29) is 11.5 Å². The number of hydrogen-bond donors (Lipinski definition) is 1. The Hall–Kier alpha value is -2.21. The summed E-state index contributed by atoms with van der Waals surface area (Å²) in [5.41, 5.74) is 0.0550. The van der Waals surface area contributed by atoms with E-state index in [9.17, 15) is 9.59 Å². The van der Waals surface area contributed by atoms with Crippen molar-refractivity contribution in [3.05, 3.63) is 40.3 Å². The second kappa shape index (κ2) is 5.29. The van der Waals surface area contributed by atoms with Crippen LogP contribution in [0.3, 0.4) is 0 Å². The van der Waals surface area contributed by atoms with Gasteiger partial charge in [-0.1, -0.05) is 18.2 Å². The monoisotopic (exact) mass is 286 g/mol. The minimum Gasteiger partial charge on any atom is -0.336 e. The fraction of sp³-hybridized carbons (Fsp3) is 0.400. The number of likely N-dealkylation sites (N-methyl/N-ethyl adjacent to an activating group) is 1. The van der Waals surface area contributed by atoms with Crippen LogP contribution < -0.4 is 5.56 Å². The van der Waals surface area contributed by atoms with Gasteiger partial charge < -0.3 is 9.80 Å². The van der Waals surface area contributed by atoms with Crippen LogP contribution in [0.2, 0.25) is 0 Å². The van der Waals surface area contributed by atoms with Crippen molar-refractivity contribution in [3.63, 3.8) is 0 Å². The lowest BCUT2D eigenvalue weighted by molar-refractivity contribution is 0.0778. The van der Waals surface area contributed by atoms with E-state index in [2.05, 4.69) is 15.1 Å². The second-order valence-corrected chi connectivity index (χ2v) is 5.60. The Bertz CT molecular complexity index is 738. The van der Waals surface area contributed by atoms with Crippen LogP contribution in [0.4, 0.5) is 0 Å². The van der Waals surface area contributed by atoms with E-state index in [0.29, 0.717) is 29.1 Å². The predicted molar refractivity (Wildman–Crippen MR) is 80.4 cm³/mol. The first kappa shape index (κ1) is 13.8. The van der Waals surface area contributed by atoms with E-state index in [1.54, 1.807) is 23.1 Å². The number of nitrogens with one attached hydrogen (secondary N) is 1. The van der Waals surface area contributed by atoms with Gasteiger partial charge in [-0.05, 0) is 26.6 Å². The van der Waals surface area contributed by atoms with Gasteiger partial charge in [0.15, 0.2) is 5.69 Å². The fourth-order valence-electron chi connectivity index (χ4n) is 2.78. The first-order chi connectivity index (χ1) is 10.1. The molecule has 0 radical (unpaired) electrons. The zero-order chi connectivity index (χ0) is 15.0. The van der Waals surface area contributed by atoms with Gasteiger partial charge in [-0.25, -0.2) is 5.10 Å². The Labute approximate surface area is 122 Å². The molecule has 1 aromatic heterocycles. The maximum absolute atomic E-state index is 12.7. The zero-order valence-corrected chi connectivity index (χ0v) is 12.2. The van der Waals surface area contributed by atoms with Crippen LogP contribution in [0.25, 0.3) is 10.8 Å². The molecule has 2 aromatic rings. The number of rotatable bonds is 2. The SMILES string of the molecule is CN(C)C1CCN(C(=O)c2n[nH]c(=O)c3ccccc23)C1. The molecule has 0 saturated carbocycles. The lowest BCUT2D eigenvalue weighted by Gasteiger charge is -2.20. The van der Waals surface area contributed by atoms with Gasteiger partial charge in [0.05, 0.1) is 5.39 Å². The van der Waals surface area contributed by atoms with Crippen LogP contribution in [-0.4, -0.2) is 59.1 Å². The van der Waals surface area contributed by atoms with Gasteiger partial charge in [0.2, 0.25) is 0 Å². The maximum Gasteiger partial charge on any atom is 0.274 e. The van der Waals surface area contributed by atoms with E-state index in [4.69, 9.17) is 0 Å². The molecule has 0 spiro atoms. The van der Waals surface area contributed by atoms with Crippen molar-refractivity contribution in [1.82, 2.24) is 20.0 Å². The van der Waals surface area contributed by atoms with Crippen LogP contribution in [0, 0.1) is 0 Å². The van der Waals surface area contributed by atoms with Crippen molar-refractivity contribution in [1.29, 1.82) is 0 Å². The van der Waals surface area contributed by atoms with Crippen molar-refractivity contribution >= 4 is 16.7 Å². The summed E-state index contributed by atoms with van der Waals surface area (Å²) < 4.78 is 0. The fourth-order valence-corrected chi connectivity index (χ4v) is 2.78. The number of nitrogens with zero attached hydrogens (tertiary/aromatic N) is 3. The Morgan fingerprint density at radius 2 is 2.05 bits per heavy atom. The molecular formula is C15H18N4O2. The quantitative estimate of drug-likeness (QED) is 0.882. The molecule has 1 atom stereocenters. The van der Waals surface area contributed by atoms with Gasteiger partial charge in [0.1, 0.15) is 0 Å². The number of aromatic amines is 1. The molecule has 1 aliphatic rings. The summed E-state index contributed by atoms with van der Waals surface area (Å²) >= 11 is 0. The first-order valence-corrected chi connectivity index (χ1v) is 7.01. The highest BCUT2D eigenvalue weighted by Crippen LogP contribution is 2.19. The molecule has 3 rings (SSSR count). The Morgan fingerprint density at radius 1 is 1.33 bits per heavy atom. The van der Waals surface area contributed by atoms with E-state index in [0.717, 1.165) is 13.0 Å². The number of aromatic nitrogens is 2. The van der Waals surface area contributed by atoms with Crippen molar-refractivity contribution in [2.75, 3.05) is 27.2 Å². The summed E-state index contributed by atoms with van der Waals surface area (Å²) in [7, 11) is 4.04. The summed E-state index contributed by atoms with van der Waals surface area (Å²) in [6.45, 7) is 1.41. The molecule has 1 aliphatic heterocycles. The third kappa shape index (κ3) is 2.42. The Morgan fingerprint density at radius 3 is 2.71 bits per heavy atom. The van der Waals surface area contributed by atoms with E-state index in [1.807, 2.05) is 20.2 Å². The number of carbonyl (C=O) groups excluding carboxylic acids is 1. The predicted octanol–water partition coefficient (Wildman–Crippen LogP) is 0.699. The third-order valence-electron chi connectivity index (χ3n) is 4.08. The highest BCUT2D eigenvalue weighted by atomic mass is 16.2. The Kier molecular flexibility index (Phi) is 3.47. The summed E-state index contributed by atoms with van der Waals surface area (Å²) in [6, 6.07) is 7.45. The number of amides is 1. The van der Waals surface area contributed by atoms with Gasteiger partial charge in [0.25, 0.3) is 11.5 Å². The normalized spacial score (nSPS) is 18.6. The lowest BCUT2D eigenvalue weighted by Crippen LogP contribution is -2.35. The van der Waals surface area contributed by atoms with Gasteiger partial charge >= 0.3 is 0 Å². The summed E-state index contributed by atoms with van der Waals surface area (Å²) in [6.07, 6.45) is 0.958. The van der Waals surface area contributed by atoms with Crippen LogP contribution in [0.5, 0.6) is 0 Å². The van der Waals surface area contributed by atoms with Gasteiger partial charge in [-0.3, -0.25) is 9.59 Å². The number of H-pyrrole nitrogens is 1. The highest BCUT2D eigenvalue weighted by molar-refractivity contribution is 6.04. The molecule has 1 aromatic carbocycles. The molecular weight excluding hydrogens is 268 g/mol. The molecule has 6 heteroatoms. The van der Waals surface area contributed by atoms with E-state index >= 15 is 0 Å². The zero-order valence-electron chi connectivity index (χ0n) is 12.2. The number of fused-ring (bicyclic) bond motifs is 1. The van der Waals surface area contributed by atoms with Crippen LogP contribution in [0.15, 0.2) is 29.1 Å². The summed E-state index contributed by atoms with van der Waals surface area (Å²) in [5, 5.41) is 7.51. The Balaban J connectivity index is 1.96. The van der Waals surface area contributed by atoms with Gasteiger partial charge in [-0.2, -0.15) is 5.10 Å². The second-order valence-electron chi connectivity index (χ2n) is 5.60.